The van der Waals surface area contributed by atoms with Crippen LogP contribution in [-0.2, 0) is 11.4 Å². The standard InChI is InChI=1S/C29H22Cl2N2O5/c30-22-9-14-26(27(31)16-22)29(35)38-25-8-4-7-21(15-25)17-32-33-28(34)19-37-24-12-10-23(11-13-24)36-18-20-5-2-1-3-6-20/h1-17H,18-19H2,(H,33,34). The highest BCUT2D eigenvalue weighted by Crippen LogP contribution is 2.23. The van der Waals surface area contributed by atoms with Gasteiger partial charge in [-0.2, -0.15) is 5.10 Å². The molecule has 1 N–H and O–H groups in total. The number of carbonyl (C=O) groups excluding carboxylic acids is 2. The van der Waals surface area contributed by atoms with Gasteiger partial charge < -0.3 is 14.2 Å². The Morgan fingerprint density at radius 2 is 1.53 bits per heavy atom. The van der Waals surface area contributed by atoms with Gasteiger partial charge in [-0.15, -0.1) is 0 Å². The van der Waals surface area contributed by atoms with E-state index in [0.29, 0.717) is 28.7 Å². The molecule has 192 valence electrons. The van der Waals surface area contributed by atoms with Crippen molar-refractivity contribution >= 4 is 41.3 Å². The third-order valence-corrected chi connectivity index (χ3v) is 5.61. The normalized spacial score (nSPS) is 10.7. The lowest BCUT2D eigenvalue weighted by Crippen LogP contribution is -2.24. The molecular formula is C29H22Cl2N2O5. The van der Waals surface area contributed by atoms with Gasteiger partial charge >= 0.3 is 5.97 Å². The molecule has 0 aliphatic carbocycles. The van der Waals surface area contributed by atoms with Crippen molar-refractivity contribution in [2.75, 3.05) is 6.61 Å². The summed E-state index contributed by atoms with van der Waals surface area (Å²) in [5.74, 6) is 0.439. The number of hydrogen-bond donors (Lipinski definition) is 1. The molecule has 4 aromatic rings. The number of nitrogens with one attached hydrogen (secondary N) is 1. The molecular weight excluding hydrogens is 527 g/mol. The summed E-state index contributed by atoms with van der Waals surface area (Å²) in [7, 11) is 0. The van der Waals surface area contributed by atoms with Crippen LogP contribution in [0.5, 0.6) is 17.2 Å². The van der Waals surface area contributed by atoms with E-state index >= 15 is 0 Å². The molecule has 0 spiro atoms. The molecule has 38 heavy (non-hydrogen) atoms. The summed E-state index contributed by atoms with van der Waals surface area (Å²) in [6.07, 6.45) is 1.42. The molecule has 0 bridgehead atoms. The van der Waals surface area contributed by atoms with Gasteiger partial charge in [0.05, 0.1) is 16.8 Å². The lowest BCUT2D eigenvalue weighted by atomic mass is 10.2. The van der Waals surface area contributed by atoms with Gasteiger partial charge in [0.2, 0.25) is 0 Å². The van der Waals surface area contributed by atoms with Crippen molar-refractivity contribution in [2.24, 2.45) is 5.10 Å². The molecule has 7 nitrogen and oxygen atoms in total. The first-order chi connectivity index (χ1) is 18.5. The average molecular weight is 549 g/mol. The molecule has 0 atom stereocenters. The maximum absolute atomic E-state index is 12.4. The summed E-state index contributed by atoms with van der Waals surface area (Å²) < 4.78 is 16.6. The van der Waals surface area contributed by atoms with E-state index in [-0.39, 0.29) is 22.9 Å². The molecule has 0 aliphatic heterocycles. The Kier molecular flexibility index (Phi) is 9.34. The molecule has 0 fully saturated rings. The molecule has 4 rings (SSSR count). The first-order valence-electron chi connectivity index (χ1n) is 11.4. The summed E-state index contributed by atoms with van der Waals surface area (Å²) in [6.45, 7) is 0.241. The molecule has 0 heterocycles. The minimum atomic E-state index is -0.623. The number of benzene rings is 4. The van der Waals surface area contributed by atoms with Crippen LogP contribution in [0, 0.1) is 0 Å². The Labute approximate surface area is 229 Å². The Morgan fingerprint density at radius 1 is 0.789 bits per heavy atom. The number of carbonyl (C=O) groups is 2. The summed E-state index contributed by atoms with van der Waals surface area (Å²) in [5, 5.41) is 4.53. The zero-order chi connectivity index (χ0) is 26.7. The Bertz CT molecular complexity index is 1430. The van der Waals surface area contributed by atoms with Crippen molar-refractivity contribution in [3.63, 3.8) is 0 Å². The zero-order valence-electron chi connectivity index (χ0n) is 20.0. The highest BCUT2D eigenvalue weighted by Gasteiger charge is 2.13. The van der Waals surface area contributed by atoms with Crippen LogP contribution in [0.4, 0.5) is 0 Å². The zero-order valence-corrected chi connectivity index (χ0v) is 21.5. The first-order valence-corrected chi connectivity index (χ1v) is 12.2. The molecule has 0 unspecified atom stereocenters. The predicted octanol–water partition coefficient (Wildman–Crippen LogP) is 6.32. The van der Waals surface area contributed by atoms with Gasteiger partial charge in [-0.05, 0) is 65.7 Å². The van der Waals surface area contributed by atoms with Crippen LogP contribution in [0.1, 0.15) is 21.5 Å². The quantitative estimate of drug-likeness (QED) is 0.108. The molecule has 0 aromatic heterocycles. The van der Waals surface area contributed by atoms with E-state index in [1.54, 1.807) is 54.6 Å². The van der Waals surface area contributed by atoms with Gasteiger partial charge in [-0.25, -0.2) is 10.2 Å². The van der Waals surface area contributed by atoms with Crippen molar-refractivity contribution in [3.8, 4) is 17.2 Å². The largest absolute Gasteiger partial charge is 0.489 e. The van der Waals surface area contributed by atoms with Crippen LogP contribution in [0.2, 0.25) is 10.0 Å². The predicted molar refractivity (Wildman–Crippen MR) is 146 cm³/mol. The average Bonchev–Trinajstić information content (AvgIpc) is 2.92. The summed E-state index contributed by atoms with van der Waals surface area (Å²) >= 11 is 11.9. The van der Waals surface area contributed by atoms with E-state index in [9.17, 15) is 9.59 Å². The number of amides is 1. The fraction of sp³-hybridized carbons (Fsp3) is 0.0690. The van der Waals surface area contributed by atoms with Crippen LogP contribution in [0.15, 0.2) is 102 Å². The van der Waals surface area contributed by atoms with E-state index < -0.39 is 11.9 Å². The number of hydrogen-bond acceptors (Lipinski definition) is 6. The van der Waals surface area contributed by atoms with Crippen LogP contribution in [0.3, 0.4) is 0 Å². The second kappa shape index (κ2) is 13.3. The summed E-state index contributed by atoms with van der Waals surface area (Å²) in [4.78, 5) is 24.5. The van der Waals surface area contributed by atoms with Gasteiger partial charge in [0.1, 0.15) is 23.9 Å². The van der Waals surface area contributed by atoms with E-state index in [4.69, 9.17) is 37.4 Å². The van der Waals surface area contributed by atoms with Gasteiger partial charge in [-0.1, -0.05) is 65.7 Å². The molecule has 0 saturated heterocycles. The Hall–Kier alpha value is -4.33. The summed E-state index contributed by atoms with van der Waals surface area (Å²) in [5.41, 5.74) is 4.26. The number of halogens is 2. The lowest BCUT2D eigenvalue weighted by Gasteiger charge is -2.08. The molecule has 0 saturated carbocycles. The fourth-order valence-corrected chi connectivity index (χ4v) is 3.69. The van der Waals surface area contributed by atoms with Crippen LogP contribution < -0.4 is 19.6 Å². The topological polar surface area (TPSA) is 86.2 Å². The SMILES string of the molecule is O=C(COc1ccc(OCc2ccccc2)cc1)NN=Cc1cccc(OC(=O)c2ccc(Cl)cc2Cl)c1. The van der Waals surface area contributed by atoms with Gasteiger partial charge in [0, 0.05) is 5.02 Å². The van der Waals surface area contributed by atoms with Crippen LogP contribution >= 0.6 is 23.2 Å². The molecule has 0 aliphatic rings. The molecule has 9 heteroatoms. The van der Waals surface area contributed by atoms with E-state index in [1.165, 1.54) is 18.3 Å². The monoisotopic (exact) mass is 548 g/mol. The minimum Gasteiger partial charge on any atom is -0.489 e. The van der Waals surface area contributed by atoms with Crippen molar-refractivity contribution < 1.29 is 23.8 Å². The maximum Gasteiger partial charge on any atom is 0.345 e. The highest BCUT2D eigenvalue weighted by molar-refractivity contribution is 6.36. The van der Waals surface area contributed by atoms with Crippen molar-refractivity contribution in [1.29, 1.82) is 0 Å². The smallest absolute Gasteiger partial charge is 0.345 e. The number of nitrogens with zero attached hydrogens (tertiary/aromatic N) is 1. The Balaban J connectivity index is 1.22. The van der Waals surface area contributed by atoms with Crippen molar-refractivity contribution in [3.05, 3.63) is 124 Å². The first kappa shape index (κ1) is 26.7. The van der Waals surface area contributed by atoms with Crippen molar-refractivity contribution in [2.45, 2.75) is 6.61 Å². The van der Waals surface area contributed by atoms with E-state index in [1.807, 2.05) is 30.3 Å². The number of rotatable bonds is 10. The van der Waals surface area contributed by atoms with Crippen LogP contribution in [-0.4, -0.2) is 24.7 Å². The van der Waals surface area contributed by atoms with Gasteiger partial charge in [0.25, 0.3) is 5.91 Å². The number of esters is 1. The maximum atomic E-state index is 12.4. The van der Waals surface area contributed by atoms with Crippen molar-refractivity contribution in [1.82, 2.24) is 5.43 Å². The summed E-state index contributed by atoms with van der Waals surface area (Å²) in [6, 6.07) is 28.0. The molecule has 4 aromatic carbocycles. The number of ether oxygens (including phenoxy) is 3. The van der Waals surface area contributed by atoms with Gasteiger partial charge in [-0.3, -0.25) is 4.79 Å². The minimum absolute atomic E-state index is 0.191. The number of hydrazone groups is 1. The Morgan fingerprint density at radius 3 is 2.26 bits per heavy atom. The second-order valence-electron chi connectivity index (χ2n) is 7.91. The fourth-order valence-electron chi connectivity index (χ4n) is 3.21. The highest BCUT2D eigenvalue weighted by atomic mass is 35.5. The third kappa shape index (κ3) is 8.09. The second-order valence-corrected chi connectivity index (χ2v) is 8.76. The van der Waals surface area contributed by atoms with E-state index in [2.05, 4.69) is 10.5 Å². The molecule has 0 radical (unpaired) electrons. The molecule has 1 amide bonds. The lowest BCUT2D eigenvalue weighted by molar-refractivity contribution is -0.123. The van der Waals surface area contributed by atoms with E-state index in [0.717, 1.165) is 5.56 Å². The van der Waals surface area contributed by atoms with Crippen LogP contribution in [0.25, 0.3) is 0 Å². The third-order valence-electron chi connectivity index (χ3n) is 5.06. The van der Waals surface area contributed by atoms with Gasteiger partial charge in [0.15, 0.2) is 6.61 Å².